The second kappa shape index (κ2) is 13.4. The van der Waals surface area contributed by atoms with E-state index in [-0.39, 0.29) is 13.4 Å². The lowest BCUT2D eigenvalue weighted by Crippen LogP contribution is -2.63. The second-order valence-electron chi connectivity index (χ2n) is 17.0. The van der Waals surface area contributed by atoms with Crippen LogP contribution in [0.15, 0.2) is 194 Å². The number of nitrogens with zero attached hydrogens (tertiary/aromatic N) is 2. The van der Waals surface area contributed by atoms with E-state index in [4.69, 9.17) is 9.47 Å². The van der Waals surface area contributed by atoms with Crippen LogP contribution in [0.25, 0.3) is 22.3 Å². The van der Waals surface area contributed by atoms with Crippen LogP contribution in [0.3, 0.4) is 0 Å². The first-order valence-corrected chi connectivity index (χ1v) is 21.5. The third kappa shape index (κ3) is 5.23. The van der Waals surface area contributed by atoms with Gasteiger partial charge in [-0.1, -0.05) is 139 Å². The van der Waals surface area contributed by atoms with E-state index in [2.05, 4.69) is 218 Å². The van der Waals surface area contributed by atoms with Crippen LogP contribution in [0, 0.1) is 13.8 Å². The molecular weight excluding hydrogens is 754 g/mol. The first-order chi connectivity index (χ1) is 30.6. The molecule has 6 heteroatoms. The normalized spacial score (nSPS) is 13.5. The van der Waals surface area contributed by atoms with Gasteiger partial charge < -0.3 is 19.3 Å². The van der Waals surface area contributed by atoms with Crippen molar-refractivity contribution in [2.24, 2.45) is 0 Å². The highest BCUT2D eigenvalue weighted by Gasteiger charge is 2.46. The molecule has 4 aliphatic heterocycles. The number of benzene rings is 9. The average Bonchev–Trinajstić information content (AvgIpc) is 3.31. The van der Waals surface area contributed by atoms with Gasteiger partial charge in [0.2, 0.25) is 0 Å². The van der Waals surface area contributed by atoms with Crippen LogP contribution in [0.4, 0.5) is 34.1 Å². The Morgan fingerprint density at radius 1 is 0.323 bits per heavy atom. The van der Waals surface area contributed by atoms with E-state index in [1.807, 2.05) is 0 Å². The van der Waals surface area contributed by atoms with Crippen LogP contribution in [0.2, 0.25) is 0 Å². The summed E-state index contributed by atoms with van der Waals surface area (Å²) in [5, 5.41) is 0. The van der Waals surface area contributed by atoms with E-state index in [1.54, 1.807) is 0 Å². The van der Waals surface area contributed by atoms with Crippen molar-refractivity contribution in [2.75, 3.05) is 9.80 Å². The molecule has 0 saturated heterocycles. The SMILES string of the molecule is Cc1ccc(-c2cc3c4c(c2)N(c2ccccc2)c2ccccc2B4c2cc4c(cc2O3)Oc2cc(-c3ccc(C)cc3)cc3c2B4c2ccccc2N3c2ccccc2)cc1. The Hall–Kier alpha value is -7.69. The van der Waals surface area contributed by atoms with Gasteiger partial charge in [-0.2, -0.15) is 0 Å². The summed E-state index contributed by atoms with van der Waals surface area (Å²) in [4.78, 5) is 4.84. The van der Waals surface area contributed by atoms with Crippen molar-refractivity contribution in [3.05, 3.63) is 205 Å². The number of ether oxygens (including phenoxy) is 2. The van der Waals surface area contributed by atoms with Gasteiger partial charge in [0.15, 0.2) is 0 Å². The zero-order chi connectivity index (χ0) is 41.1. The summed E-state index contributed by atoms with van der Waals surface area (Å²) in [5.41, 5.74) is 21.0. The first kappa shape index (κ1) is 35.1. The molecule has 0 fully saturated rings. The maximum absolute atomic E-state index is 7.20. The van der Waals surface area contributed by atoms with Gasteiger partial charge in [0.05, 0.1) is 0 Å². The molecular formula is C56H38B2N2O2. The Kier molecular flexibility index (Phi) is 7.59. The highest BCUT2D eigenvalue weighted by atomic mass is 16.5. The number of hydrogen-bond donors (Lipinski definition) is 0. The molecule has 0 aliphatic carbocycles. The van der Waals surface area contributed by atoms with Crippen LogP contribution in [0.1, 0.15) is 11.1 Å². The molecule has 0 radical (unpaired) electrons. The summed E-state index contributed by atoms with van der Waals surface area (Å²) in [6, 6.07) is 70.6. The summed E-state index contributed by atoms with van der Waals surface area (Å²) >= 11 is 0. The molecule has 4 aliphatic rings. The van der Waals surface area contributed by atoms with Crippen molar-refractivity contribution in [3.8, 4) is 45.3 Å². The van der Waals surface area contributed by atoms with Crippen LogP contribution in [0.5, 0.6) is 23.0 Å². The summed E-state index contributed by atoms with van der Waals surface area (Å²) in [7, 11) is 0. The fourth-order valence-corrected chi connectivity index (χ4v) is 10.4. The van der Waals surface area contributed by atoms with Crippen molar-refractivity contribution >= 4 is 80.3 Å². The Morgan fingerprint density at radius 2 is 0.726 bits per heavy atom. The summed E-state index contributed by atoms with van der Waals surface area (Å²) in [6.45, 7) is 4.13. The molecule has 0 spiro atoms. The molecule has 9 aromatic rings. The van der Waals surface area contributed by atoms with Gasteiger partial charge in [-0.25, -0.2) is 0 Å². The molecule has 0 unspecified atom stereocenters. The largest absolute Gasteiger partial charge is 0.458 e. The predicted molar refractivity (Wildman–Crippen MR) is 258 cm³/mol. The molecule has 0 saturated carbocycles. The van der Waals surface area contributed by atoms with Gasteiger partial charge >= 0.3 is 0 Å². The quantitative estimate of drug-likeness (QED) is 0.166. The van der Waals surface area contributed by atoms with Gasteiger partial charge in [-0.15, -0.1) is 0 Å². The molecule has 4 nitrogen and oxygen atoms in total. The number of fused-ring (bicyclic) bond motifs is 8. The van der Waals surface area contributed by atoms with Crippen molar-refractivity contribution in [3.63, 3.8) is 0 Å². The molecule has 0 aromatic heterocycles. The summed E-state index contributed by atoms with van der Waals surface area (Å²) in [5.74, 6) is 3.38. The fraction of sp³-hybridized carbons (Fsp3) is 0.0357. The maximum atomic E-state index is 7.20. The lowest BCUT2D eigenvalue weighted by atomic mass is 9.31. The van der Waals surface area contributed by atoms with Gasteiger partial charge in [0, 0.05) is 40.2 Å². The molecule has 13 rings (SSSR count). The van der Waals surface area contributed by atoms with E-state index >= 15 is 0 Å². The fourth-order valence-electron chi connectivity index (χ4n) is 10.4. The van der Waals surface area contributed by atoms with E-state index < -0.39 is 0 Å². The molecule has 62 heavy (non-hydrogen) atoms. The van der Waals surface area contributed by atoms with Crippen molar-refractivity contribution in [1.82, 2.24) is 0 Å². The first-order valence-electron chi connectivity index (χ1n) is 21.5. The number of aryl methyl sites for hydroxylation is 2. The van der Waals surface area contributed by atoms with Crippen LogP contribution < -0.4 is 52.1 Å². The predicted octanol–water partition coefficient (Wildman–Crippen LogP) is 10.4. The monoisotopic (exact) mass is 792 g/mol. The molecule has 0 bridgehead atoms. The van der Waals surface area contributed by atoms with E-state index in [0.717, 1.165) is 78.9 Å². The Bertz CT molecular complexity index is 3060. The van der Waals surface area contributed by atoms with E-state index in [9.17, 15) is 0 Å². The molecule has 0 amide bonds. The Morgan fingerprint density at radius 3 is 1.16 bits per heavy atom. The minimum Gasteiger partial charge on any atom is -0.458 e. The van der Waals surface area contributed by atoms with Gasteiger partial charge in [0.25, 0.3) is 13.4 Å². The molecule has 4 heterocycles. The molecule has 9 aromatic carbocycles. The van der Waals surface area contributed by atoms with Gasteiger partial charge in [-0.05, 0) is 130 Å². The Balaban J connectivity index is 1.05. The third-order valence-corrected chi connectivity index (χ3v) is 13.3. The highest BCUT2D eigenvalue weighted by Crippen LogP contribution is 2.46. The lowest BCUT2D eigenvalue weighted by molar-refractivity contribution is 0.466. The van der Waals surface area contributed by atoms with Gasteiger partial charge in [0.1, 0.15) is 23.0 Å². The molecule has 290 valence electrons. The molecule has 0 N–H and O–H groups in total. The zero-order valence-corrected chi connectivity index (χ0v) is 34.3. The summed E-state index contributed by atoms with van der Waals surface area (Å²) in [6.07, 6.45) is 0. The van der Waals surface area contributed by atoms with Crippen LogP contribution in [-0.4, -0.2) is 13.4 Å². The average molecular weight is 793 g/mol. The van der Waals surface area contributed by atoms with E-state index in [1.165, 1.54) is 44.4 Å². The van der Waals surface area contributed by atoms with Crippen molar-refractivity contribution in [1.29, 1.82) is 0 Å². The summed E-state index contributed by atoms with van der Waals surface area (Å²) < 4.78 is 14.4. The smallest absolute Gasteiger partial charge is 0.256 e. The molecule has 0 atom stereocenters. The number of anilines is 6. The third-order valence-electron chi connectivity index (χ3n) is 13.3. The van der Waals surface area contributed by atoms with Crippen LogP contribution in [-0.2, 0) is 0 Å². The minimum atomic E-state index is -0.0679. The number of hydrogen-bond acceptors (Lipinski definition) is 4. The van der Waals surface area contributed by atoms with Crippen molar-refractivity contribution < 1.29 is 9.47 Å². The van der Waals surface area contributed by atoms with E-state index in [0.29, 0.717) is 0 Å². The van der Waals surface area contributed by atoms with Crippen molar-refractivity contribution in [2.45, 2.75) is 13.8 Å². The highest BCUT2D eigenvalue weighted by molar-refractivity contribution is 7.02. The van der Waals surface area contributed by atoms with Gasteiger partial charge in [-0.3, -0.25) is 0 Å². The number of para-hydroxylation sites is 4. The number of rotatable bonds is 4. The van der Waals surface area contributed by atoms with Crippen LogP contribution >= 0.6 is 0 Å². The standard InChI is InChI=1S/C56H38B2N2O2/c1-35-21-25-37(26-22-35)39-29-49-55-53(31-39)61-51-34-52-46(33-45(51)57(55)43-17-9-11-19-47(43)59(49)41-13-5-3-6-14-41)58-44-18-10-12-20-48(44)60(42-15-7-4-8-16-42)50-30-40(32-54(62-52)56(50)58)38-27-23-36(2)24-28-38/h3-34H,1-2H3. The second-order valence-corrected chi connectivity index (χ2v) is 17.0. The zero-order valence-electron chi connectivity index (χ0n) is 34.3. The maximum Gasteiger partial charge on any atom is 0.256 e. The minimum absolute atomic E-state index is 0.0679. The Labute approximate surface area is 362 Å². The topological polar surface area (TPSA) is 24.9 Å². The lowest BCUT2D eigenvalue weighted by Gasteiger charge is -2.42.